The highest BCUT2D eigenvalue weighted by Crippen LogP contribution is 2.28. The van der Waals surface area contributed by atoms with Crippen molar-refractivity contribution < 1.29 is 18.4 Å². The maximum Gasteiger partial charge on any atom is 0.251 e. The summed E-state index contributed by atoms with van der Waals surface area (Å²) in [5.41, 5.74) is 2.53. The zero-order valence-corrected chi connectivity index (χ0v) is 18.7. The molecule has 8 heteroatoms. The molecule has 3 aromatic rings. The Kier molecular flexibility index (Phi) is 7.30. The molecule has 0 spiro atoms. The van der Waals surface area contributed by atoms with Gasteiger partial charge in [-0.1, -0.05) is 22.8 Å². The van der Waals surface area contributed by atoms with Crippen LogP contribution >= 0.6 is 11.6 Å². The Morgan fingerprint density at radius 2 is 1.94 bits per heavy atom. The van der Waals surface area contributed by atoms with Crippen molar-refractivity contribution in [3.8, 4) is 5.75 Å². The summed E-state index contributed by atoms with van der Waals surface area (Å²) < 4.78 is 25.2. The Bertz CT molecular complexity index is 1010. The zero-order chi connectivity index (χ0) is 22.5. The van der Waals surface area contributed by atoms with Crippen LogP contribution in [0.3, 0.4) is 0 Å². The molecular formula is C23H25ClFN3O3. The molecule has 1 heterocycles. The number of likely N-dealkylation sites (N-methyl/N-ethyl adjacent to an activating group) is 1. The second-order valence-corrected chi connectivity index (χ2v) is 7.85. The summed E-state index contributed by atoms with van der Waals surface area (Å²) in [6.07, 6.45) is 0. The Balaban J connectivity index is 1.62. The fraction of sp³-hybridized carbons (Fsp3) is 0.304. The third-order valence-corrected chi connectivity index (χ3v) is 5.42. The molecule has 0 bridgehead atoms. The van der Waals surface area contributed by atoms with Crippen LogP contribution in [0.25, 0.3) is 0 Å². The van der Waals surface area contributed by atoms with E-state index in [1.165, 1.54) is 6.07 Å². The monoisotopic (exact) mass is 445 g/mol. The number of aromatic nitrogens is 1. The van der Waals surface area contributed by atoms with Crippen molar-refractivity contribution in [1.82, 2.24) is 15.4 Å². The van der Waals surface area contributed by atoms with E-state index in [1.807, 2.05) is 32.8 Å². The second-order valence-electron chi connectivity index (χ2n) is 7.44. The number of hydrogen-bond donors (Lipinski definition) is 1. The van der Waals surface area contributed by atoms with E-state index in [0.29, 0.717) is 28.5 Å². The van der Waals surface area contributed by atoms with E-state index in [2.05, 4.69) is 10.5 Å². The van der Waals surface area contributed by atoms with Gasteiger partial charge in [-0.15, -0.1) is 0 Å². The van der Waals surface area contributed by atoms with Gasteiger partial charge >= 0.3 is 0 Å². The second kappa shape index (κ2) is 9.94. The molecule has 1 amide bonds. The molecule has 0 saturated carbocycles. The minimum absolute atomic E-state index is 0.205. The first-order valence-corrected chi connectivity index (χ1v) is 10.2. The minimum atomic E-state index is -0.407. The molecular weight excluding hydrogens is 421 g/mol. The highest BCUT2D eigenvalue weighted by atomic mass is 35.5. The van der Waals surface area contributed by atoms with E-state index in [1.54, 1.807) is 36.4 Å². The van der Waals surface area contributed by atoms with Crippen LogP contribution in [0.1, 0.15) is 39.0 Å². The molecule has 1 unspecified atom stereocenters. The van der Waals surface area contributed by atoms with Crippen LogP contribution in [-0.4, -0.2) is 36.6 Å². The maximum absolute atomic E-state index is 14.3. The number of carbonyl (C=O) groups is 1. The van der Waals surface area contributed by atoms with Gasteiger partial charge in [0.1, 0.15) is 23.9 Å². The molecule has 0 aliphatic carbocycles. The van der Waals surface area contributed by atoms with Gasteiger partial charge in [0.15, 0.2) is 0 Å². The van der Waals surface area contributed by atoms with Gasteiger partial charge in [-0.05, 0) is 64.3 Å². The highest BCUT2D eigenvalue weighted by molar-refractivity contribution is 6.31. The Morgan fingerprint density at radius 3 is 2.52 bits per heavy atom. The average molecular weight is 446 g/mol. The zero-order valence-electron chi connectivity index (χ0n) is 17.9. The van der Waals surface area contributed by atoms with Gasteiger partial charge in [0.25, 0.3) is 5.91 Å². The van der Waals surface area contributed by atoms with Crippen molar-refractivity contribution in [3.63, 3.8) is 0 Å². The van der Waals surface area contributed by atoms with Crippen molar-refractivity contribution >= 4 is 17.5 Å². The molecule has 0 aliphatic rings. The molecule has 1 atom stereocenters. The fourth-order valence-electron chi connectivity index (χ4n) is 3.23. The van der Waals surface area contributed by atoms with Crippen LogP contribution in [0, 0.1) is 19.7 Å². The molecule has 6 nitrogen and oxygen atoms in total. The van der Waals surface area contributed by atoms with E-state index in [4.69, 9.17) is 20.9 Å². The molecule has 31 heavy (non-hydrogen) atoms. The number of hydrogen-bond acceptors (Lipinski definition) is 5. The van der Waals surface area contributed by atoms with Gasteiger partial charge < -0.3 is 19.5 Å². The van der Waals surface area contributed by atoms with Crippen molar-refractivity contribution in [2.75, 3.05) is 20.6 Å². The number of ether oxygens (including phenoxy) is 1. The van der Waals surface area contributed by atoms with Crippen molar-refractivity contribution in [2.45, 2.75) is 26.5 Å². The Hall–Kier alpha value is -2.90. The molecule has 0 fully saturated rings. The minimum Gasteiger partial charge on any atom is -0.489 e. The summed E-state index contributed by atoms with van der Waals surface area (Å²) >= 11 is 6.20. The summed E-state index contributed by atoms with van der Waals surface area (Å²) in [6, 6.07) is 11.0. The lowest BCUT2D eigenvalue weighted by Crippen LogP contribution is -2.35. The van der Waals surface area contributed by atoms with E-state index in [-0.39, 0.29) is 12.5 Å². The number of rotatable bonds is 8. The number of carbonyl (C=O) groups excluding carboxylic acids is 1. The van der Waals surface area contributed by atoms with E-state index < -0.39 is 11.9 Å². The Morgan fingerprint density at radius 1 is 1.23 bits per heavy atom. The van der Waals surface area contributed by atoms with Crippen LogP contribution in [-0.2, 0) is 6.61 Å². The standard InChI is InChI=1S/C23H25ClFN3O3/c1-14-18(15(2)31-27-14)13-30-17-10-8-16(9-11-17)23(29)26-12-21(28(3)4)22-19(24)6-5-7-20(22)25/h5-11,21H,12-13H2,1-4H3,(H,26,29). The maximum atomic E-state index is 14.3. The molecule has 0 radical (unpaired) electrons. The number of nitrogens with one attached hydrogen (secondary N) is 1. The summed E-state index contributed by atoms with van der Waals surface area (Å²) in [5, 5.41) is 7.08. The Labute approximate surface area is 185 Å². The van der Waals surface area contributed by atoms with Crippen molar-refractivity contribution in [2.24, 2.45) is 0 Å². The lowest BCUT2D eigenvalue weighted by Gasteiger charge is -2.26. The number of halogens is 2. The van der Waals surface area contributed by atoms with Crippen LogP contribution in [0.15, 0.2) is 47.0 Å². The van der Waals surface area contributed by atoms with Gasteiger partial charge in [-0.3, -0.25) is 4.79 Å². The number of benzene rings is 2. The fourth-order valence-corrected chi connectivity index (χ4v) is 3.52. The average Bonchev–Trinajstić information content (AvgIpc) is 3.06. The first-order chi connectivity index (χ1) is 14.8. The number of aryl methyl sites for hydroxylation is 2. The van der Waals surface area contributed by atoms with Crippen LogP contribution in [0.5, 0.6) is 5.75 Å². The molecule has 1 N–H and O–H groups in total. The molecule has 164 valence electrons. The van der Waals surface area contributed by atoms with Gasteiger partial charge in [0, 0.05) is 22.7 Å². The largest absolute Gasteiger partial charge is 0.489 e. The first-order valence-electron chi connectivity index (χ1n) is 9.81. The van der Waals surface area contributed by atoms with Crippen LogP contribution < -0.4 is 10.1 Å². The first kappa shape index (κ1) is 22.8. The number of amides is 1. The van der Waals surface area contributed by atoms with Gasteiger partial charge in [0.05, 0.1) is 17.3 Å². The molecule has 2 aromatic carbocycles. The molecule has 3 rings (SSSR count). The smallest absolute Gasteiger partial charge is 0.251 e. The number of nitrogens with zero attached hydrogens (tertiary/aromatic N) is 2. The SMILES string of the molecule is Cc1noc(C)c1COc1ccc(C(=O)NCC(c2c(F)cccc2Cl)N(C)C)cc1. The van der Waals surface area contributed by atoms with Gasteiger partial charge in [-0.25, -0.2) is 4.39 Å². The van der Waals surface area contributed by atoms with E-state index >= 15 is 0 Å². The van der Waals surface area contributed by atoms with Gasteiger partial charge in [-0.2, -0.15) is 0 Å². The summed E-state index contributed by atoms with van der Waals surface area (Å²) in [7, 11) is 3.62. The lowest BCUT2D eigenvalue weighted by atomic mass is 10.0. The van der Waals surface area contributed by atoms with Crippen LogP contribution in [0.2, 0.25) is 5.02 Å². The predicted octanol–water partition coefficient (Wildman–Crippen LogP) is 4.70. The predicted molar refractivity (Wildman–Crippen MR) is 117 cm³/mol. The van der Waals surface area contributed by atoms with Crippen molar-refractivity contribution in [1.29, 1.82) is 0 Å². The summed E-state index contributed by atoms with van der Waals surface area (Å²) in [5.74, 6) is 0.677. The third kappa shape index (κ3) is 5.42. The van der Waals surface area contributed by atoms with Crippen LogP contribution in [0.4, 0.5) is 4.39 Å². The van der Waals surface area contributed by atoms with Crippen molar-refractivity contribution in [3.05, 3.63) is 81.4 Å². The highest BCUT2D eigenvalue weighted by Gasteiger charge is 2.22. The molecule has 0 saturated heterocycles. The summed E-state index contributed by atoms with van der Waals surface area (Å²) in [4.78, 5) is 14.4. The van der Waals surface area contributed by atoms with E-state index in [0.717, 1.165) is 17.0 Å². The van der Waals surface area contributed by atoms with E-state index in [9.17, 15) is 9.18 Å². The normalized spacial score (nSPS) is 12.1. The quantitative estimate of drug-likeness (QED) is 0.544. The third-order valence-electron chi connectivity index (χ3n) is 5.09. The summed E-state index contributed by atoms with van der Waals surface area (Å²) in [6.45, 7) is 4.23. The lowest BCUT2D eigenvalue weighted by molar-refractivity contribution is 0.0941. The molecule has 0 aliphatic heterocycles. The molecule has 1 aromatic heterocycles. The van der Waals surface area contributed by atoms with Gasteiger partial charge in [0.2, 0.25) is 0 Å². The topological polar surface area (TPSA) is 67.6 Å².